The SMILES string of the molecule is FC(F)(F)Oc1ccc(Nc2ccnc(-c3c(C(F)(F)F)nc4ccc(Cl)cn34)n2)cc1.FC(F)(F)c1ccc(Nc2ccnc(-c3c(C(F)(F)F)nc4ccc(Cl)cn34)n2)cc1.FC(F)(F)c1nc2ccc(Cl)cn2c1-c1nccc(Nc2ccc(Br)cc2)n1.FC(F)(F)c1nc2ccc(Cl)cn2c1-c1nccc(Nc2ccc(Cl)cc2)n1.FC(F)Oc1ccc(Nc2ccnc(-c3c(C(F)(F)F)nc4ccc(Cl)cn34)n2)cc1. The van der Waals surface area contributed by atoms with E-state index in [-0.39, 0.29) is 128 Å². The molecule has 0 spiro atoms. The second kappa shape index (κ2) is 43.5. The Morgan fingerprint density at radius 3 is 0.680 bits per heavy atom. The number of aromatic nitrogens is 20. The number of halogens is 30. The van der Waals surface area contributed by atoms with Crippen molar-refractivity contribution in [3.63, 3.8) is 0 Å². The molecule has 5 aromatic carbocycles. The molecular weight excluding hydrogens is 2230 g/mol. The Morgan fingerprint density at radius 2 is 0.460 bits per heavy atom. The molecule has 57 heteroatoms. The number of benzene rings is 5. The third-order valence-electron chi connectivity index (χ3n) is 20.0. The molecule has 0 unspecified atom stereocenters. The predicted octanol–water partition coefficient (Wildman–Crippen LogP) is 30.0. The number of nitrogens with one attached hydrogen (secondary N) is 5. The number of pyridine rings is 5. The minimum Gasteiger partial charge on any atom is -0.435 e. The number of rotatable bonds is 18. The van der Waals surface area contributed by atoms with E-state index in [0.29, 0.717) is 33.7 Å². The number of hydrogen-bond donors (Lipinski definition) is 5. The molecule has 150 heavy (non-hydrogen) atoms. The molecule has 20 aromatic rings. The lowest BCUT2D eigenvalue weighted by molar-refractivity contribution is -0.274. The van der Waals surface area contributed by atoms with E-state index >= 15 is 0 Å². The summed E-state index contributed by atoms with van der Waals surface area (Å²) in [7, 11) is 0. The summed E-state index contributed by atoms with van der Waals surface area (Å²) in [5, 5.41) is 16.1. The van der Waals surface area contributed by atoms with Crippen LogP contribution in [0.4, 0.5) is 159 Å². The molecule has 20 rings (SSSR count). The standard InChI is InChI=1S/C19H10ClF6N5O.C19H10ClF6N5.C19H11ClF5N5O.C18H10BrClF3N5.C18H10Cl2F3N5/c20-10-1-6-14-30-16(18(21,22)23)15(31(14)9-10)17-27-8-7-13(29-17)28-11-2-4-12(5-3-11)32-19(24,25)26;20-11-3-6-14-30-16(19(24,25)26)15(31(14)9-11)17-27-8-7-13(29-17)28-12-4-1-10(2-5-12)18(21,22)23;20-10-1-6-14-29-16(19(23,24)25)15(30(14)9-10)17-26-8-7-13(28-17)27-11-2-4-12(5-3-11)31-18(21)22;2*19-10-1-4-12(5-2-10)25-13-7-8-24-17(26-13)15-16(18(21,22)23)27-14-6-3-11(20)9-28(14)15/h1-9H,(H,27,28,29);1-9H,(H,27,28,29);1-9,18H,(H,26,27,28);2*1-9H,(H,24,25,26). The molecule has 0 saturated carbocycles. The lowest BCUT2D eigenvalue weighted by Crippen LogP contribution is -2.16. The second-order valence-corrected chi connectivity index (χ2v) is 34.0. The molecule has 770 valence electrons. The summed E-state index contributed by atoms with van der Waals surface area (Å²) in [6, 6.07) is 49.7. The summed E-state index contributed by atoms with van der Waals surface area (Å²) in [5.41, 5.74) is -5.64. The molecule has 0 aliphatic carbocycles. The maximum atomic E-state index is 13.6. The first-order valence-corrected chi connectivity index (χ1v) is 44.8. The fourth-order valence-corrected chi connectivity index (χ4v) is 15.1. The van der Waals surface area contributed by atoms with E-state index < -0.39 is 101 Å². The Morgan fingerprint density at radius 1 is 0.247 bits per heavy atom. The number of imidazole rings is 5. The quantitative estimate of drug-likeness (QED) is 0.0499. The van der Waals surface area contributed by atoms with Crippen LogP contribution in [-0.4, -0.2) is 110 Å². The van der Waals surface area contributed by atoms with Gasteiger partial charge in [-0.1, -0.05) is 85.5 Å². The number of hydrogen-bond acceptors (Lipinski definition) is 22. The molecular formula is C93H51BrCl6F23N25O2. The fraction of sp³-hybridized carbons (Fsp3) is 0.0860. The smallest absolute Gasteiger partial charge is 0.435 e. The van der Waals surface area contributed by atoms with Gasteiger partial charge in [0.25, 0.3) is 0 Å². The largest absolute Gasteiger partial charge is 0.573 e. The Kier molecular flexibility index (Phi) is 31.0. The van der Waals surface area contributed by atoms with Gasteiger partial charge in [0.2, 0.25) is 0 Å². The van der Waals surface area contributed by atoms with Gasteiger partial charge in [0.15, 0.2) is 57.6 Å². The summed E-state index contributed by atoms with van der Waals surface area (Å²) in [5.74, 6) is -0.514. The second-order valence-electron chi connectivity index (χ2n) is 30.4. The van der Waals surface area contributed by atoms with Crippen LogP contribution in [0.15, 0.2) is 279 Å². The van der Waals surface area contributed by atoms with Gasteiger partial charge in [0, 0.05) is 99.9 Å². The van der Waals surface area contributed by atoms with Crippen molar-refractivity contribution in [2.24, 2.45) is 0 Å². The maximum Gasteiger partial charge on any atom is 0.573 e. The minimum absolute atomic E-state index is 0.000981. The highest BCUT2D eigenvalue weighted by Gasteiger charge is 2.45. The van der Waals surface area contributed by atoms with Gasteiger partial charge in [-0.15, -0.1) is 13.2 Å². The van der Waals surface area contributed by atoms with Gasteiger partial charge in [0.05, 0.1) is 30.7 Å². The zero-order valence-electron chi connectivity index (χ0n) is 73.7. The van der Waals surface area contributed by atoms with Crippen LogP contribution in [0.1, 0.15) is 34.0 Å². The summed E-state index contributed by atoms with van der Waals surface area (Å²) in [4.78, 5) is 59.0. The van der Waals surface area contributed by atoms with Gasteiger partial charge in [-0.2, -0.15) is 87.8 Å². The molecule has 0 bridgehead atoms. The van der Waals surface area contributed by atoms with Gasteiger partial charge < -0.3 is 36.1 Å². The van der Waals surface area contributed by atoms with Gasteiger partial charge in [-0.25, -0.2) is 74.8 Å². The van der Waals surface area contributed by atoms with Crippen molar-refractivity contribution in [3.05, 3.63) is 343 Å². The van der Waals surface area contributed by atoms with Crippen LogP contribution in [0, 0.1) is 0 Å². The number of alkyl halides is 23. The van der Waals surface area contributed by atoms with E-state index in [0.717, 1.165) is 43.2 Å². The summed E-state index contributed by atoms with van der Waals surface area (Å²) in [6.07, 6.45) is -20.0. The molecule has 0 aliphatic heterocycles. The van der Waals surface area contributed by atoms with Crippen LogP contribution in [0.25, 0.3) is 85.8 Å². The number of anilines is 10. The number of nitrogens with zero attached hydrogens (tertiary/aromatic N) is 20. The van der Waals surface area contributed by atoms with Crippen LogP contribution in [0.2, 0.25) is 30.1 Å². The molecule has 15 aromatic heterocycles. The predicted molar refractivity (Wildman–Crippen MR) is 511 cm³/mol. The number of fused-ring (bicyclic) bond motifs is 5. The maximum absolute atomic E-state index is 13.6. The van der Waals surface area contributed by atoms with Crippen molar-refractivity contribution >= 4 is 171 Å². The summed E-state index contributed by atoms with van der Waals surface area (Å²) in [6.45, 7) is -2.95. The lowest BCUT2D eigenvalue weighted by atomic mass is 10.2. The first-order valence-electron chi connectivity index (χ1n) is 41.7. The molecule has 0 fully saturated rings. The normalized spacial score (nSPS) is 12.0. The number of ether oxygens (including phenoxy) is 2. The van der Waals surface area contributed by atoms with Crippen molar-refractivity contribution < 1.29 is 110 Å². The van der Waals surface area contributed by atoms with E-state index in [4.69, 9.17) is 69.6 Å². The highest BCUT2D eigenvalue weighted by atomic mass is 79.9. The Bertz CT molecular complexity index is 8110. The van der Waals surface area contributed by atoms with E-state index in [1.54, 1.807) is 48.5 Å². The first kappa shape index (κ1) is 107. The average Bonchev–Trinajstić information content (AvgIpc) is 1.63. The minimum atomic E-state index is -4.83. The van der Waals surface area contributed by atoms with E-state index in [2.05, 4.69) is 127 Å². The van der Waals surface area contributed by atoms with Crippen molar-refractivity contribution in [2.45, 2.75) is 50.0 Å². The van der Waals surface area contributed by atoms with Crippen molar-refractivity contribution in [1.82, 2.24) is 96.8 Å². The molecule has 0 radical (unpaired) electrons. The third-order valence-corrected chi connectivity index (χ3v) is 21.9. The van der Waals surface area contributed by atoms with Crippen LogP contribution in [0.3, 0.4) is 0 Å². The highest BCUT2D eigenvalue weighted by molar-refractivity contribution is 9.10. The van der Waals surface area contributed by atoms with Crippen LogP contribution >= 0.6 is 85.5 Å². The van der Waals surface area contributed by atoms with Crippen LogP contribution in [0.5, 0.6) is 11.5 Å². The average molecular weight is 2280 g/mol. The third kappa shape index (κ3) is 26.3. The van der Waals surface area contributed by atoms with Gasteiger partial charge in [0.1, 0.15) is 97.3 Å². The van der Waals surface area contributed by atoms with Crippen LogP contribution in [-0.2, 0) is 37.1 Å². The molecule has 5 N–H and O–H groups in total. The monoisotopic (exact) mass is 2280 g/mol. The summed E-state index contributed by atoms with van der Waals surface area (Å²) >= 11 is 38.9. The Labute approximate surface area is 862 Å². The molecule has 15 heterocycles. The van der Waals surface area contributed by atoms with Crippen molar-refractivity contribution in [1.29, 1.82) is 0 Å². The molecule has 27 nitrogen and oxygen atoms in total. The van der Waals surface area contributed by atoms with Crippen LogP contribution < -0.4 is 36.1 Å². The molecule has 0 amide bonds. The van der Waals surface area contributed by atoms with Gasteiger partial charge in [-0.05, 0) is 212 Å². The Balaban J connectivity index is 0.000000134. The topological polar surface area (TPSA) is 294 Å². The van der Waals surface area contributed by atoms with E-state index in [1.165, 1.54) is 203 Å². The zero-order valence-corrected chi connectivity index (χ0v) is 79.8. The molecule has 0 aliphatic rings. The van der Waals surface area contributed by atoms with Crippen molar-refractivity contribution in [3.8, 4) is 69.1 Å². The molecule has 0 saturated heterocycles. The lowest BCUT2D eigenvalue weighted by Gasteiger charge is -2.11. The van der Waals surface area contributed by atoms with Crippen molar-refractivity contribution in [2.75, 3.05) is 26.6 Å². The highest BCUT2D eigenvalue weighted by Crippen LogP contribution is 2.45. The van der Waals surface area contributed by atoms with Gasteiger partial charge in [-0.3, -0.25) is 22.0 Å². The Hall–Kier alpha value is -15.8. The summed E-state index contributed by atoms with van der Waals surface area (Å²) < 4.78 is 318. The van der Waals surface area contributed by atoms with E-state index in [9.17, 15) is 101 Å². The molecule has 0 atom stereocenters. The van der Waals surface area contributed by atoms with Gasteiger partial charge >= 0.3 is 50.0 Å². The first-order chi connectivity index (χ1) is 70.8. The fourth-order valence-electron chi connectivity index (χ4n) is 13.9. The zero-order chi connectivity index (χ0) is 107. The van der Waals surface area contributed by atoms with E-state index in [1.807, 2.05) is 12.1 Å².